The molecular formula is C25H31F3N2O3. The Balaban J connectivity index is 0.000000479. The van der Waals surface area contributed by atoms with E-state index in [1.807, 2.05) is 18.2 Å². The van der Waals surface area contributed by atoms with Gasteiger partial charge in [-0.15, -0.1) is 0 Å². The number of halogens is 3. The lowest BCUT2D eigenvalue weighted by atomic mass is 9.75. The fourth-order valence-corrected chi connectivity index (χ4v) is 3.74. The maximum atomic E-state index is 11.1. The van der Waals surface area contributed by atoms with Gasteiger partial charge < -0.3 is 16.2 Å². The number of carbonyl (C=O) groups excluding carboxylic acids is 1. The van der Waals surface area contributed by atoms with Crippen LogP contribution in [0.2, 0.25) is 0 Å². The molecule has 1 fully saturated rings. The maximum absolute atomic E-state index is 11.1. The van der Waals surface area contributed by atoms with Gasteiger partial charge in [-0.1, -0.05) is 62.4 Å². The van der Waals surface area contributed by atoms with Crippen LogP contribution in [-0.2, 0) is 22.6 Å². The van der Waals surface area contributed by atoms with Crippen molar-refractivity contribution >= 4 is 11.9 Å². The van der Waals surface area contributed by atoms with Crippen molar-refractivity contribution in [3.05, 3.63) is 59.7 Å². The number of benzene rings is 2. The lowest BCUT2D eigenvalue weighted by Gasteiger charge is -2.34. The number of aliphatic carboxylic acids is 1. The van der Waals surface area contributed by atoms with Gasteiger partial charge in [0.15, 0.2) is 0 Å². The largest absolute Gasteiger partial charge is 0.490 e. The van der Waals surface area contributed by atoms with E-state index < -0.39 is 12.1 Å². The quantitative estimate of drug-likeness (QED) is 0.556. The second kappa shape index (κ2) is 11.3. The average molecular weight is 465 g/mol. The third kappa shape index (κ3) is 9.26. The summed E-state index contributed by atoms with van der Waals surface area (Å²) in [7, 11) is 0. The fourth-order valence-electron chi connectivity index (χ4n) is 3.74. The Bertz CT molecular complexity index is 931. The van der Waals surface area contributed by atoms with Crippen molar-refractivity contribution in [2.24, 2.45) is 11.1 Å². The molecule has 1 saturated carbocycles. The summed E-state index contributed by atoms with van der Waals surface area (Å²) in [5, 5.41) is 10.8. The van der Waals surface area contributed by atoms with E-state index >= 15 is 0 Å². The predicted octanol–water partition coefficient (Wildman–Crippen LogP) is 5.07. The SMILES string of the molecule is CC1(C)CCC(NCc2ccc(-c3cccc(CC(N)=O)c3)cc2)CC1.O=C(O)C(F)(F)F. The molecule has 0 saturated heterocycles. The smallest absolute Gasteiger partial charge is 0.475 e. The van der Waals surface area contributed by atoms with Gasteiger partial charge in [0.2, 0.25) is 5.91 Å². The lowest BCUT2D eigenvalue weighted by molar-refractivity contribution is -0.192. The molecule has 0 aliphatic heterocycles. The van der Waals surface area contributed by atoms with E-state index in [1.54, 1.807) is 0 Å². The number of rotatable bonds is 6. The third-order valence-corrected chi connectivity index (χ3v) is 5.77. The highest BCUT2D eigenvalue weighted by atomic mass is 19.4. The summed E-state index contributed by atoms with van der Waals surface area (Å²) in [6, 6.07) is 17.4. The molecule has 1 amide bonds. The van der Waals surface area contributed by atoms with Gasteiger partial charge in [0.05, 0.1) is 6.42 Å². The van der Waals surface area contributed by atoms with E-state index in [2.05, 4.69) is 49.5 Å². The summed E-state index contributed by atoms with van der Waals surface area (Å²) in [4.78, 5) is 20.0. The van der Waals surface area contributed by atoms with Gasteiger partial charge in [-0.05, 0) is 53.4 Å². The number of alkyl halides is 3. The Morgan fingerprint density at radius 1 is 1.03 bits per heavy atom. The molecule has 0 heterocycles. The molecule has 8 heteroatoms. The predicted molar refractivity (Wildman–Crippen MR) is 121 cm³/mol. The monoisotopic (exact) mass is 464 g/mol. The van der Waals surface area contributed by atoms with E-state index in [0.717, 1.165) is 17.7 Å². The number of carboxylic acids is 1. The van der Waals surface area contributed by atoms with Crippen molar-refractivity contribution in [2.45, 2.75) is 64.7 Å². The molecule has 0 aromatic heterocycles. The highest BCUT2D eigenvalue weighted by Crippen LogP contribution is 2.35. The maximum Gasteiger partial charge on any atom is 0.490 e. The first kappa shape index (κ1) is 26.4. The number of primary amides is 1. The van der Waals surface area contributed by atoms with Crippen LogP contribution in [0, 0.1) is 5.41 Å². The van der Waals surface area contributed by atoms with E-state index in [9.17, 15) is 18.0 Å². The molecule has 2 aromatic carbocycles. The van der Waals surface area contributed by atoms with Crippen LogP contribution in [0.3, 0.4) is 0 Å². The topological polar surface area (TPSA) is 92.4 Å². The minimum Gasteiger partial charge on any atom is -0.475 e. The molecule has 5 nitrogen and oxygen atoms in total. The summed E-state index contributed by atoms with van der Waals surface area (Å²) >= 11 is 0. The molecule has 1 aliphatic carbocycles. The summed E-state index contributed by atoms with van der Waals surface area (Å²) < 4.78 is 31.7. The van der Waals surface area contributed by atoms with Crippen molar-refractivity contribution < 1.29 is 27.9 Å². The van der Waals surface area contributed by atoms with Gasteiger partial charge in [-0.25, -0.2) is 4.79 Å². The van der Waals surface area contributed by atoms with Crippen LogP contribution in [0.25, 0.3) is 11.1 Å². The Morgan fingerprint density at radius 3 is 2.12 bits per heavy atom. The summed E-state index contributed by atoms with van der Waals surface area (Å²) in [5.41, 5.74) is 10.4. The number of hydrogen-bond donors (Lipinski definition) is 3. The first-order chi connectivity index (χ1) is 15.4. The average Bonchev–Trinajstić information content (AvgIpc) is 2.73. The van der Waals surface area contributed by atoms with Crippen molar-refractivity contribution in [3.8, 4) is 11.1 Å². The van der Waals surface area contributed by atoms with Crippen LogP contribution in [0.5, 0.6) is 0 Å². The number of hydrogen-bond acceptors (Lipinski definition) is 3. The van der Waals surface area contributed by atoms with Crippen molar-refractivity contribution in [2.75, 3.05) is 0 Å². The number of carboxylic acid groups (broad SMARTS) is 1. The van der Waals surface area contributed by atoms with Gasteiger partial charge in [0.1, 0.15) is 0 Å². The minimum absolute atomic E-state index is 0.286. The normalized spacial score (nSPS) is 15.9. The van der Waals surface area contributed by atoms with Crippen LogP contribution in [0.15, 0.2) is 48.5 Å². The molecule has 1 aliphatic rings. The first-order valence-corrected chi connectivity index (χ1v) is 10.9. The third-order valence-electron chi connectivity index (χ3n) is 5.77. The highest BCUT2D eigenvalue weighted by molar-refractivity contribution is 5.77. The zero-order valence-corrected chi connectivity index (χ0v) is 18.9. The van der Waals surface area contributed by atoms with Gasteiger partial charge in [-0.2, -0.15) is 13.2 Å². The Kier molecular flexibility index (Phi) is 9.05. The molecule has 180 valence electrons. The second-order valence-electron chi connectivity index (χ2n) is 9.16. The number of nitrogens with one attached hydrogen (secondary N) is 1. The second-order valence-corrected chi connectivity index (χ2v) is 9.16. The van der Waals surface area contributed by atoms with Crippen LogP contribution in [0.4, 0.5) is 13.2 Å². The molecule has 0 bridgehead atoms. The van der Waals surface area contributed by atoms with Crippen LogP contribution in [0.1, 0.15) is 50.7 Å². The van der Waals surface area contributed by atoms with E-state index in [4.69, 9.17) is 15.6 Å². The first-order valence-electron chi connectivity index (χ1n) is 10.9. The van der Waals surface area contributed by atoms with Gasteiger partial charge >= 0.3 is 12.1 Å². The molecule has 0 radical (unpaired) electrons. The summed E-state index contributed by atoms with van der Waals surface area (Å²) in [6.45, 7) is 5.67. The summed E-state index contributed by atoms with van der Waals surface area (Å²) in [6.07, 6.45) is 0.375. The molecule has 0 spiro atoms. The highest BCUT2D eigenvalue weighted by Gasteiger charge is 2.38. The van der Waals surface area contributed by atoms with Crippen LogP contribution in [-0.4, -0.2) is 29.2 Å². The van der Waals surface area contributed by atoms with Gasteiger partial charge in [0.25, 0.3) is 0 Å². The Labute approximate surface area is 192 Å². The molecule has 0 unspecified atom stereocenters. The number of nitrogens with two attached hydrogens (primary N) is 1. The molecule has 0 atom stereocenters. The summed E-state index contributed by atoms with van der Waals surface area (Å²) in [5.74, 6) is -3.05. The lowest BCUT2D eigenvalue weighted by Crippen LogP contribution is -2.35. The van der Waals surface area contributed by atoms with Crippen molar-refractivity contribution in [1.82, 2.24) is 5.32 Å². The van der Waals surface area contributed by atoms with E-state index in [-0.39, 0.29) is 12.3 Å². The molecular weight excluding hydrogens is 433 g/mol. The fraction of sp³-hybridized carbons (Fsp3) is 0.440. The molecule has 3 rings (SSSR count). The van der Waals surface area contributed by atoms with Gasteiger partial charge in [-0.3, -0.25) is 4.79 Å². The number of carbonyl (C=O) groups is 2. The van der Waals surface area contributed by atoms with Crippen LogP contribution >= 0.6 is 0 Å². The molecule has 4 N–H and O–H groups in total. The minimum atomic E-state index is -5.08. The Morgan fingerprint density at radius 2 is 1.61 bits per heavy atom. The van der Waals surface area contributed by atoms with Crippen LogP contribution < -0.4 is 11.1 Å². The Hall–Kier alpha value is -2.87. The zero-order valence-electron chi connectivity index (χ0n) is 18.9. The van der Waals surface area contributed by atoms with Gasteiger partial charge in [0, 0.05) is 12.6 Å². The number of amides is 1. The standard InChI is InChI=1S/C23H30N2O.C2HF3O2/c1-23(2)12-10-21(11-13-23)25-16-17-6-8-19(9-7-17)20-5-3-4-18(14-20)15-22(24)26;3-2(4,5)1(6)7/h3-9,14,21,25H,10-13,15-16H2,1-2H3,(H2,24,26);(H,6,7). The molecule has 2 aromatic rings. The van der Waals surface area contributed by atoms with Crippen molar-refractivity contribution in [1.29, 1.82) is 0 Å². The molecule has 33 heavy (non-hydrogen) atoms. The van der Waals surface area contributed by atoms with Crippen molar-refractivity contribution in [3.63, 3.8) is 0 Å². The van der Waals surface area contributed by atoms with E-state index in [0.29, 0.717) is 11.5 Å². The van der Waals surface area contributed by atoms with E-state index in [1.165, 1.54) is 36.8 Å². The zero-order chi connectivity index (χ0) is 24.6.